The van der Waals surface area contributed by atoms with Crippen LogP contribution >= 0.6 is 0 Å². The van der Waals surface area contributed by atoms with E-state index >= 15 is 0 Å². The van der Waals surface area contributed by atoms with Crippen LogP contribution in [0.2, 0.25) is 0 Å². The molecule has 3 unspecified atom stereocenters. The summed E-state index contributed by atoms with van der Waals surface area (Å²) in [5.41, 5.74) is 0. The highest BCUT2D eigenvalue weighted by Gasteiger charge is 2.31. The molecule has 0 amide bonds. The summed E-state index contributed by atoms with van der Waals surface area (Å²) >= 11 is 0. The smallest absolute Gasteiger partial charge is 0.0480 e. The van der Waals surface area contributed by atoms with Crippen molar-refractivity contribution in [2.45, 2.75) is 64.0 Å². The average molecular weight is 282 g/mol. The summed E-state index contributed by atoms with van der Waals surface area (Å²) < 4.78 is 5.49. The lowest BCUT2D eigenvalue weighted by Gasteiger charge is -2.40. The molecule has 1 heterocycles. The van der Waals surface area contributed by atoms with Crippen molar-refractivity contribution < 1.29 is 4.74 Å². The summed E-state index contributed by atoms with van der Waals surface area (Å²) in [6.07, 6.45) is 9.42. The first-order valence-electron chi connectivity index (χ1n) is 8.69. The summed E-state index contributed by atoms with van der Waals surface area (Å²) in [4.78, 5) is 2.62. The van der Waals surface area contributed by atoms with Gasteiger partial charge in [0, 0.05) is 31.8 Å². The molecule has 1 aliphatic carbocycles. The van der Waals surface area contributed by atoms with Crippen molar-refractivity contribution in [3.05, 3.63) is 0 Å². The van der Waals surface area contributed by atoms with E-state index in [1.165, 1.54) is 51.5 Å². The number of hydrogen-bond acceptors (Lipinski definition) is 3. The minimum atomic E-state index is 0.727. The second-order valence-electron chi connectivity index (χ2n) is 6.91. The monoisotopic (exact) mass is 282 g/mol. The quantitative estimate of drug-likeness (QED) is 0.811. The molecule has 0 aromatic heterocycles. The van der Waals surface area contributed by atoms with Crippen LogP contribution in [0, 0.1) is 11.8 Å². The topological polar surface area (TPSA) is 24.5 Å². The molecule has 0 aromatic carbocycles. The van der Waals surface area contributed by atoms with Crippen LogP contribution in [0.1, 0.15) is 51.9 Å². The highest BCUT2D eigenvalue weighted by molar-refractivity contribution is 4.87. The minimum Gasteiger partial charge on any atom is -0.381 e. The molecule has 1 N–H and O–H groups in total. The zero-order chi connectivity index (χ0) is 14.4. The highest BCUT2D eigenvalue weighted by Crippen LogP contribution is 2.33. The molecule has 3 heteroatoms. The van der Waals surface area contributed by atoms with E-state index in [9.17, 15) is 0 Å². The predicted molar refractivity (Wildman–Crippen MR) is 85.1 cm³/mol. The Balaban J connectivity index is 1.86. The van der Waals surface area contributed by atoms with Crippen LogP contribution in [0.25, 0.3) is 0 Å². The van der Waals surface area contributed by atoms with Crippen molar-refractivity contribution in [2.24, 2.45) is 11.8 Å². The largest absolute Gasteiger partial charge is 0.381 e. The Bertz CT molecular complexity index is 266. The van der Waals surface area contributed by atoms with Gasteiger partial charge in [-0.2, -0.15) is 0 Å². The fourth-order valence-corrected chi connectivity index (χ4v) is 4.26. The average Bonchev–Trinajstić information content (AvgIpc) is 2.49. The summed E-state index contributed by atoms with van der Waals surface area (Å²) in [7, 11) is 4.47. The third-order valence-electron chi connectivity index (χ3n) is 5.50. The molecule has 2 fully saturated rings. The molecule has 0 spiro atoms. The Morgan fingerprint density at radius 2 is 1.90 bits per heavy atom. The zero-order valence-corrected chi connectivity index (χ0v) is 13.7. The Morgan fingerprint density at radius 3 is 2.55 bits per heavy atom. The van der Waals surface area contributed by atoms with E-state index in [4.69, 9.17) is 4.74 Å². The van der Waals surface area contributed by atoms with Gasteiger partial charge in [-0.05, 0) is 58.0 Å². The van der Waals surface area contributed by atoms with Crippen molar-refractivity contribution in [3.8, 4) is 0 Å². The van der Waals surface area contributed by atoms with Gasteiger partial charge >= 0.3 is 0 Å². The maximum Gasteiger partial charge on any atom is 0.0480 e. The summed E-state index contributed by atoms with van der Waals surface area (Å²) in [5, 5.41) is 3.57. The summed E-state index contributed by atoms with van der Waals surface area (Å²) in [6, 6.07) is 1.47. The molecule has 20 heavy (non-hydrogen) atoms. The van der Waals surface area contributed by atoms with Gasteiger partial charge in [-0.15, -0.1) is 0 Å². The van der Waals surface area contributed by atoms with Crippen LogP contribution < -0.4 is 5.32 Å². The van der Waals surface area contributed by atoms with Crippen LogP contribution in [-0.2, 0) is 4.74 Å². The van der Waals surface area contributed by atoms with Crippen molar-refractivity contribution in [1.29, 1.82) is 0 Å². The van der Waals surface area contributed by atoms with Gasteiger partial charge in [0.2, 0.25) is 0 Å². The molecule has 118 valence electrons. The lowest BCUT2D eigenvalue weighted by atomic mass is 9.76. The van der Waals surface area contributed by atoms with Crippen molar-refractivity contribution >= 4 is 0 Å². The van der Waals surface area contributed by atoms with Gasteiger partial charge in [-0.25, -0.2) is 0 Å². The Kier molecular flexibility index (Phi) is 6.79. The maximum atomic E-state index is 5.49. The molecule has 0 aromatic rings. The summed E-state index contributed by atoms with van der Waals surface area (Å²) in [5.74, 6) is 1.80. The maximum absolute atomic E-state index is 5.49. The van der Waals surface area contributed by atoms with Crippen molar-refractivity contribution in [1.82, 2.24) is 10.2 Å². The lowest BCUT2D eigenvalue weighted by molar-refractivity contribution is 0.0312. The first-order valence-corrected chi connectivity index (χ1v) is 8.69. The van der Waals surface area contributed by atoms with Crippen LogP contribution in [0.15, 0.2) is 0 Å². The molecule has 2 aliphatic rings. The van der Waals surface area contributed by atoms with Gasteiger partial charge < -0.3 is 15.0 Å². The molecule has 0 bridgehead atoms. The van der Waals surface area contributed by atoms with Crippen LogP contribution in [0.5, 0.6) is 0 Å². The first-order chi connectivity index (χ1) is 9.74. The van der Waals surface area contributed by atoms with E-state index in [0.717, 1.165) is 37.1 Å². The van der Waals surface area contributed by atoms with Gasteiger partial charge in [-0.1, -0.05) is 19.8 Å². The molecule has 1 aliphatic heterocycles. The Morgan fingerprint density at radius 1 is 1.15 bits per heavy atom. The standard InChI is InChI=1S/C17H34N2O/c1-4-5-14-6-7-17(18-2)15(12-14)13-19(3)16-8-10-20-11-9-16/h14-18H,4-13H2,1-3H3. The fraction of sp³-hybridized carbons (Fsp3) is 1.00. The third kappa shape index (κ3) is 4.44. The van der Waals surface area contributed by atoms with Crippen LogP contribution in [0.4, 0.5) is 0 Å². The van der Waals surface area contributed by atoms with Gasteiger partial charge in [0.1, 0.15) is 0 Å². The second-order valence-corrected chi connectivity index (χ2v) is 6.91. The minimum absolute atomic E-state index is 0.727. The number of nitrogens with one attached hydrogen (secondary N) is 1. The van der Waals surface area contributed by atoms with Crippen LogP contribution in [-0.4, -0.2) is 50.8 Å². The van der Waals surface area contributed by atoms with Crippen molar-refractivity contribution in [3.63, 3.8) is 0 Å². The second kappa shape index (κ2) is 8.35. The third-order valence-corrected chi connectivity index (χ3v) is 5.50. The lowest BCUT2D eigenvalue weighted by Crippen LogP contribution is -2.47. The molecular formula is C17H34N2O. The van der Waals surface area contributed by atoms with Gasteiger partial charge in [0.15, 0.2) is 0 Å². The van der Waals surface area contributed by atoms with Crippen molar-refractivity contribution in [2.75, 3.05) is 33.9 Å². The number of rotatable bonds is 6. The van der Waals surface area contributed by atoms with Gasteiger partial charge in [-0.3, -0.25) is 0 Å². The van der Waals surface area contributed by atoms with Crippen LogP contribution in [0.3, 0.4) is 0 Å². The van der Waals surface area contributed by atoms with E-state index < -0.39 is 0 Å². The van der Waals surface area contributed by atoms with Gasteiger partial charge in [0.25, 0.3) is 0 Å². The molecule has 3 nitrogen and oxygen atoms in total. The van der Waals surface area contributed by atoms with E-state index in [0.29, 0.717) is 0 Å². The zero-order valence-electron chi connectivity index (χ0n) is 13.7. The molecule has 3 atom stereocenters. The molecule has 0 radical (unpaired) electrons. The molecule has 1 saturated carbocycles. The first kappa shape index (κ1) is 16.3. The van der Waals surface area contributed by atoms with Gasteiger partial charge in [0.05, 0.1) is 0 Å². The number of ether oxygens (including phenoxy) is 1. The Labute approximate surface area is 125 Å². The van der Waals surface area contributed by atoms with E-state index in [1.54, 1.807) is 0 Å². The van der Waals surface area contributed by atoms with E-state index in [2.05, 4.69) is 31.2 Å². The SMILES string of the molecule is CCCC1CCC(NC)C(CN(C)C2CCOCC2)C1. The number of hydrogen-bond donors (Lipinski definition) is 1. The predicted octanol–water partition coefficient (Wildman–Crippen LogP) is 2.90. The highest BCUT2D eigenvalue weighted by atomic mass is 16.5. The Hall–Kier alpha value is -0.120. The summed E-state index contributed by atoms with van der Waals surface area (Å²) in [6.45, 7) is 5.49. The molecule has 2 rings (SSSR count). The molecular weight excluding hydrogens is 248 g/mol. The normalized spacial score (nSPS) is 32.7. The van der Waals surface area contributed by atoms with E-state index in [1.807, 2.05) is 0 Å². The fourth-order valence-electron chi connectivity index (χ4n) is 4.26. The molecule has 1 saturated heterocycles. The van der Waals surface area contributed by atoms with E-state index in [-0.39, 0.29) is 0 Å². The number of nitrogens with zero attached hydrogens (tertiary/aromatic N) is 1.